The number of carboxylic acid groups (broad SMARTS) is 1. The molecule has 4 nitrogen and oxygen atoms in total. The maximum Gasteiger partial charge on any atom is 0.356 e. The van der Waals surface area contributed by atoms with Crippen molar-refractivity contribution in [1.29, 1.82) is 0 Å². The minimum absolute atomic E-state index is 0.00931. The van der Waals surface area contributed by atoms with E-state index in [4.69, 9.17) is 5.11 Å². The molecule has 0 unspecified atom stereocenters. The van der Waals surface area contributed by atoms with Crippen LogP contribution in [0.15, 0.2) is 17.5 Å². The SMILES string of the molecule is O=C(O)c1cc2sccc2nn1. The maximum absolute atomic E-state index is 10.5. The summed E-state index contributed by atoms with van der Waals surface area (Å²) in [5.74, 6) is -1.04. The zero-order valence-electron chi connectivity index (χ0n) is 5.89. The minimum Gasteiger partial charge on any atom is -0.476 e. The van der Waals surface area contributed by atoms with Gasteiger partial charge in [0, 0.05) is 0 Å². The normalized spacial score (nSPS) is 10.3. The van der Waals surface area contributed by atoms with Crippen LogP contribution in [0.2, 0.25) is 0 Å². The summed E-state index contributed by atoms with van der Waals surface area (Å²) in [4.78, 5) is 10.5. The van der Waals surface area contributed by atoms with Gasteiger partial charge in [-0.3, -0.25) is 0 Å². The molecule has 2 heterocycles. The van der Waals surface area contributed by atoms with E-state index in [1.54, 1.807) is 6.07 Å². The molecule has 0 amide bonds. The fraction of sp³-hybridized carbons (Fsp3) is 0. The molecule has 2 aromatic heterocycles. The van der Waals surface area contributed by atoms with Gasteiger partial charge in [0.25, 0.3) is 0 Å². The van der Waals surface area contributed by atoms with Gasteiger partial charge in [-0.15, -0.1) is 21.5 Å². The number of thiophene rings is 1. The summed E-state index contributed by atoms with van der Waals surface area (Å²) in [6.07, 6.45) is 0. The van der Waals surface area contributed by atoms with E-state index in [1.165, 1.54) is 17.4 Å². The molecule has 2 aromatic rings. The molecule has 0 aliphatic heterocycles. The molecule has 12 heavy (non-hydrogen) atoms. The third-order valence-corrected chi connectivity index (χ3v) is 2.28. The number of carbonyl (C=O) groups is 1. The van der Waals surface area contributed by atoms with E-state index in [0.717, 1.165) is 10.2 Å². The summed E-state index contributed by atoms with van der Waals surface area (Å²) in [7, 11) is 0. The Balaban J connectivity index is 2.68. The van der Waals surface area contributed by atoms with Crippen LogP contribution in [-0.2, 0) is 0 Å². The van der Waals surface area contributed by atoms with Crippen LogP contribution in [0.1, 0.15) is 10.5 Å². The van der Waals surface area contributed by atoms with Gasteiger partial charge in [0.2, 0.25) is 0 Å². The van der Waals surface area contributed by atoms with Crippen molar-refractivity contribution in [3.8, 4) is 0 Å². The Bertz CT molecular complexity index is 438. The zero-order valence-corrected chi connectivity index (χ0v) is 6.71. The highest BCUT2D eigenvalue weighted by molar-refractivity contribution is 7.17. The molecule has 2 rings (SSSR count). The van der Waals surface area contributed by atoms with E-state index in [1.807, 2.05) is 5.38 Å². The summed E-state index contributed by atoms with van der Waals surface area (Å²) < 4.78 is 0.849. The first-order valence-electron chi connectivity index (χ1n) is 3.21. The molecule has 60 valence electrons. The van der Waals surface area contributed by atoms with Crippen LogP contribution >= 0.6 is 11.3 Å². The second-order valence-electron chi connectivity index (χ2n) is 2.20. The summed E-state index contributed by atoms with van der Waals surface area (Å²) in [6, 6.07) is 3.33. The number of carboxylic acids is 1. The van der Waals surface area contributed by atoms with Gasteiger partial charge < -0.3 is 5.11 Å². The standard InChI is InChI=1S/C7H4N2O2S/c10-7(11)5-3-6-4(8-9-5)1-2-12-6/h1-3H,(H,10,11). The van der Waals surface area contributed by atoms with Gasteiger partial charge in [-0.25, -0.2) is 4.79 Å². The largest absolute Gasteiger partial charge is 0.476 e. The first kappa shape index (κ1) is 7.17. The van der Waals surface area contributed by atoms with Crippen LogP contribution in [0.3, 0.4) is 0 Å². The Kier molecular flexibility index (Phi) is 1.51. The number of nitrogens with zero attached hydrogens (tertiary/aromatic N) is 2. The summed E-state index contributed by atoms with van der Waals surface area (Å²) in [6.45, 7) is 0. The van der Waals surface area contributed by atoms with Crippen molar-refractivity contribution in [2.24, 2.45) is 0 Å². The van der Waals surface area contributed by atoms with E-state index >= 15 is 0 Å². The first-order chi connectivity index (χ1) is 5.77. The molecule has 0 spiro atoms. The highest BCUT2D eigenvalue weighted by Crippen LogP contribution is 2.17. The molecular weight excluding hydrogens is 176 g/mol. The molecule has 1 N–H and O–H groups in total. The smallest absolute Gasteiger partial charge is 0.356 e. The predicted molar refractivity (Wildman–Crippen MR) is 44.4 cm³/mol. The van der Waals surface area contributed by atoms with Crippen LogP contribution in [0.5, 0.6) is 0 Å². The lowest BCUT2D eigenvalue weighted by Gasteiger charge is -1.90. The molecule has 0 bridgehead atoms. The lowest BCUT2D eigenvalue weighted by Crippen LogP contribution is -2.00. The van der Waals surface area contributed by atoms with Crippen LogP contribution in [0.25, 0.3) is 10.2 Å². The van der Waals surface area contributed by atoms with E-state index in [9.17, 15) is 4.79 Å². The average molecular weight is 180 g/mol. The predicted octanol–water partition coefficient (Wildman–Crippen LogP) is 1.39. The number of hydrogen-bond donors (Lipinski definition) is 1. The molecule has 0 fully saturated rings. The van der Waals surface area contributed by atoms with Crippen LogP contribution in [0, 0.1) is 0 Å². The monoisotopic (exact) mass is 180 g/mol. The average Bonchev–Trinajstić information content (AvgIpc) is 2.49. The molecule has 0 atom stereocenters. The van der Waals surface area contributed by atoms with Crippen molar-refractivity contribution < 1.29 is 9.90 Å². The molecule has 0 aliphatic rings. The molecule has 5 heteroatoms. The van der Waals surface area contributed by atoms with E-state index in [-0.39, 0.29) is 5.69 Å². The third-order valence-electron chi connectivity index (χ3n) is 1.43. The van der Waals surface area contributed by atoms with Crippen molar-refractivity contribution in [2.75, 3.05) is 0 Å². The second kappa shape index (κ2) is 2.53. The van der Waals surface area contributed by atoms with Gasteiger partial charge in [0.1, 0.15) is 5.52 Å². The quantitative estimate of drug-likeness (QED) is 0.720. The van der Waals surface area contributed by atoms with Crippen LogP contribution < -0.4 is 0 Å². The highest BCUT2D eigenvalue weighted by Gasteiger charge is 2.06. The van der Waals surface area contributed by atoms with Gasteiger partial charge in [0.15, 0.2) is 5.69 Å². The molecular formula is C7H4N2O2S. The Hall–Kier alpha value is -1.49. The Morgan fingerprint density at radius 2 is 2.33 bits per heavy atom. The van der Waals surface area contributed by atoms with Crippen molar-refractivity contribution in [3.63, 3.8) is 0 Å². The number of hydrogen-bond acceptors (Lipinski definition) is 4. The number of rotatable bonds is 1. The molecule has 0 saturated carbocycles. The lowest BCUT2D eigenvalue weighted by molar-refractivity contribution is 0.0689. The number of aromatic nitrogens is 2. The molecule has 0 saturated heterocycles. The molecule has 0 radical (unpaired) electrons. The van der Waals surface area contributed by atoms with Crippen LogP contribution in [0.4, 0.5) is 0 Å². The third kappa shape index (κ3) is 1.04. The number of fused-ring (bicyclic) bond motifs is 1. The van der Waals surface area contributed by atoms with Crippen molar-refractivity contribution in [2.45, 2.75) is 0 Å². The summed E-state index contributed by atoms with van der Waals surface area (Å²) in [5, 5.41) is 17.7. The van der Waals surface area contributed by atoms with Crippen LogP contribution in [-0.4, -0.2) is 21.3 Å². The number of aromatic carboxylic acids is 1. The van der Waals surface area contributed by atoms with Crippen molar-refractivity contribution in [1.82, 2.24) is 10.2 Å². The first-order valence-corrected chi connectivity index (χ1v) is 4.09. The Morgan fingerprint density at radius 3 is 3.08 bits per heavy atom. The second-order valence-corrected chi connectivity index (χ2v) is 3.15. The maximum atomic E-state index is 10.5. The molecule has 0 aromatic carbocycles. The zero-order chi connectivity index (χ0) is 8.55. The van der Waals surface area contributed by atoms with Crippen molar-refractivity contribution in [3.05, 3.63) is 23.2 Å². The van der Waals surface area contributed by atoms with Gasteiger partial charge >= 0.3 is 5.97 Å². The van der Waals surface area contributed by atoms with Gasteiger partial charge in [-0.1, -0.05) is 0 Å². The Morgan fingerprint density at radius 1 is 1.50 bits per heavy atom. The fourth-order valence-corrected chi connectivity index (χ4v) is 1.62. The van der Waals surface area contributed by atoms with E-state index in [2.05, 4.69) is 10.2 Å². The fourth-order valence-electron chi connectivity index (χ4n) is 0.870. The summed E-state index contributed by atoms with van der Waals surface area (Å²) in [5.41, 5.74) is 0.731. The topological polar surface area (TPSA) is 63.1 Å². The highest BCUT2D eigenvalue weighted by atomic mass is 32.1. The summed E-state index contributed by atoms with van der Waals surface area (Å²) >= 11 is 1.45. The Labute approximate surface area is 71.5 Å². The lowest BCUT2D eigenvalue weighted by atomic mass is 10.3. The van der Waals surface area contributed by atoms with E-state index in [0.29, 0.717) is 0 Å². The van der Waals surface area contributed by atoms with Gasteiger partial charge in [-0.05, 0) is 17.5 Å². The minimum atomic E-state index is -1.04. The van der Waals surface area contributed by atoms with Gasteiger partial charge in [0.05, 0.1) is 4.70 Å². The van der Waals surface area contributed by atoms with Gasteiger partial charge in [-0.2, -0.15) is 0 Å². The molecule has 0 aliphatic carbocycles. The van der Waals surface area contributed by atoms with E-state index < -0.39 is 5.97 Å². The van der Waals surface area contributed by atoms with Crippen molar-refractivity contribution >= 4 is 27.5 Å².